The number of carbonyl (C=O) groups is 1. The molecule has 0 aliphatic rings. The van der Waals surface area contributed by atoms with E-state index in [1.165, 1.54) is 22.8 Å². The van der Waals surface area contributed by atoms with Crippen molar-refractivity contribution in [3.05, 3.63) is 117 Å². The first-order valence-corrected chi connectivity index (χ1v) is 12.2. The number of carbonyl (C=O) groups excluding carboxylic acids is 1. The van der Waals surface area contributed by atoms with E-state index in [1.807, 2.05) is 24.3 Å². The highest BCUT2D eigenvalue weighted by atomic mass is 35.5. The molecular weight excluding hydrogens is 494 g/mol. The summed E-state index contributed by atoms with van der Waals surface area (Å²) < 4.78 is 0. The van der Waals surface area contributed by atoms with Crippen molar-refractivity contribution in [1.29, 1.82) is 5.26 Å². The van der Waals surface area contributed by atoms with Crippen LogP contribution in [0.5, 0.6) is 0 Å². The topological polar surface area (TPSA) is 40.9 Å². The van der Waals surface area contributed by atoms with Gasteiger partial charge in [0.1, 0.15) is 6.29 Å². The maximum atomic E-state index is 10.7. The zero-order valence-electron chi connectivity index (χ0n) is 21.2. The second kappa shape index (κ2) is 15.1. The van der Waals surface area contributed by atoms with Crippen molar-refractivity contribution in [2.24, 2.45) is 5.92 Å². The first-order valence-electron chi connectivity index (χ1n) is 11.8. The molecule has 2 nitrogen and oxygen atoms in total. The van der Waals surface area contributed by atoms with E-state index in [0.717, 1.165) is 40.5 Å². The smallest absolute Gasteiger partial charge is 0.142 e. The number of hydrogen-bond acceptors (Lipinski definition) is 2. The Balaban J connectivity index is 0.00000342. The molecule has 0 N–H and O–H groups in total. The Morgan fingerprint density at radius 2 is 1.73 bits per heavy atom. The predicted octanol–water partition coefficient (Wildman–Crippen LogP) is 9.54. The van der Waals surface area contributed by atoms with Crippen molar-refractivity contribution in [2.45, 2.75) is 41.5 Å². The third-order valence-corrected chi connectivity index (χ3v) is 6.37. The maximum absolute atomic E-state index is 10.7. The zero-order chi connectivity index (χ0) is 25.4. The molecule has 0 atom stereocenters. The van der Waals surface area contributed by atoms with E-state index >= 15 is 0 Å². The van der Waals surface area contributed by atoms with Crippen molar-refractivity contribution in [1.82, 2.24) is 0 Å². The number of aryl methyl sites for hydroxylation is 1. The van der Waals surface area contributed by atoms with Crippen LogP contribution >= 0.6 is 25.1 Å². The molecule has 0 heterocycles. The highest BCUT2D eigenvalue weighted by molar-refractivity contribution is 7.59. The Bertz CT molecular complexity index is 1340. The summed E-state index contributed by atoms with van der Waals surface area (Å²) in [5.74, 6) is 0.248. The number of rotatable bonds is 8. The highest BCUT2D eigenvalue weighted by Crippen LogP contribution is 2.41. The fourth-order valence-corrected chi connectivity index (χ4v) is 4.50. The van der Waals surface area contributed by atoms with Gasteiger partial charge >= 0.3 is 0 Å². The molecule has 3 aromatic rings. The Kier molecular flexibility index (Phi) is 12.9. The summed E-state index contributed by atoms with van der Waals surface area (Å²) in [7, 11) is 0. The van der Waals surface area contributed by atoms with Gasteiger partial charge in [0, 0.05) is 5.02 Å². The summed E-state index contributed by atoms with van der Waals surface area (Å²) in [6.45, 7) is 8.67. The van der Waals surface area contributed by atoms with Gasteiger partial charge < -0.3 is 0 Å². The van der Waals surface area contributed by atoms with Crippen LogP contribution in [0.4, 0.5) is 0 Å². The third kappa shape index (κ3) is 7.83. The van der Waals surface area contributed by atoms with E-state index in [-0.39, 0.29) is 26.8 Å². The summed E-state index contributed by atoms with van der Waals surface area (Å²) >= 11 is 6.72. The van der Waals surface area contributed by atoms with Crippen molar-refractivity contribution in [2.75, 3.05) is 0 Å². The molecule has 4 heteroatoms. The third-order valence-electron chi connectivity index (χ3n) is 6.06. The fraction of sp³-hybridized carbons (Fsp3) is 0.212. The quantitative estimate of drug-likeness (QED) is 0.126. The number of halogens is 1. The standard InChI is InChI=1S/C32H30ClNO.CH4.H2S/c1-5-28(29-17-14-25(21-34)19-31(29)33)32(26-15-12-24(13-16-26)10-8-18-35)30(22(2)3)20-27-11-7-6-9-23(27)4;;/h6-20,22H,5H2,1-4H3;1H4;1H2/b10-8+,30-20+,32-28+;;. The molecule has 0 unspecified atom stereocenters. The molecule has 37 heavy (non-hydrogen) atoms. The minimum atomic E-state index is 0. The Morgan fingerprint density at radius 1 is 1.05 bits per heavy atom. The average Bonchev–Trinajstić information content (AvgIpc) is 2.86. The van der Waals surface area contributed by atoms with Gasteiger partial charge in [-0.1, -0.05) is 107 Å². The molecular formula is C33H36ClNOS. The van der Waals surface area contributed by atoms with Crippen LogP contribution in [0.1, 0.15) is 68.0 Å². The molecule has 0 radical (unpaired) electrons. The first kappa shape index (κ1) is 31.7. The molecule has 0 fully saturated rings. The van der Waals surface area contributed by atoms with E-state index in [0.29, 0.717) is 10.6 Å². The summed E-state index contributed by atoms with van der Waals surface area (Å²) in [4.78, 5) is 10.7. The van der Waals surface area contributed by atoms with Crippen molar-refractivity contribution >= 4 is 54.7 Å². The molecule has 192 valence electrons. The van der Waals surface area contributed by atoms with E-state index in [4.69, 9.17) is 11.6 Å². The lowest BCUT2D eigenvalue weighted by Gasteiger charge is -2.23. The first-order chi connectivity index (χ1) is 16.9. The van der Waals surface area contributed by atoms with E-state index < -0.39 is 0 Å². The average molecular weight is 530 g/mol. The van der Waals surface area contributed by atoms with Gasteiger partial charge in [-0.05, 0) is 82.0 Å². The van der Waals surface area contributed by atoms with Gasteiger partial charge in [0.05, 0.1) is 11.6 Å². The zero-order valence-corrected chi connectivity index (χ0v) is 22.9. The van der Waals surface area contributed by atoms with Gasteiger partial charge in [-0.2, -0.15) is 18.8 Å². The highest BCUT2D eigenvalue weighted by Gasteiger charge is 2.19. The van der Waals surface area contributed by atoms with Gasteiger partial charge in [0.2, 0.25) is 0 Å². The summed E-state index contributed by atoms with van der Waals surface area (Å²) in [5, 5.41) is 9.89. The lowest BCUT2D eigenvalue weighted by atomic mass is 9.82. The van der Waals surface area contributed by atoms with Gasteiger partial charge in [-0.15, -0.1) is 0 Å². The number of benzene rings is 3. The van der Waals surface area contributed by atoms with E-state index in [2.05, 4.69) is 76.2 Å². The van der Waals surface area contributed by atoms with Crippen molar-refractivity contribution < 1.29 is 4.79 Å². The van der Waals surface area contributed by atoms with Crippen LogP contribution in [0.2, 0.25) is 5.02 Å². The summed E-state index contributed by atoms with van der Waals surface area (Å²) in [5.41, 5.74) is 9.41. The lowest BCUT2D eigenvalue weighted by molar-refractivity contribution is -0.104. The van der Waals surface area contributed by atoms with E-state index in [1.54, 1.807) is 12.1 Å². The summed E-state index contributed by atoms with van der Waals surface area (Å²) in [6, 6.07) is 24.3. The number of nitriles is 1. The number of hydrogen-bond donors (Lipinski definition) is 0. The maximum Gasteiger partial charge on any atom is 0.142 e. The SMILES string of the molecule is C.CC/C(=C(\C(=C\c1ccccc1C)C(C)C)c1ccc(/C=C/C=O)cc1)c1ccc(C#N)cc1Cl.S. The van der Waals surface area contributed by atoms with Gasteiger partial charge in [0.25, 0.3) is 0 Å². The number of nitrogens with zero attached hydrogens (tertiary/aromatic N) is 1. The molecule has 0 amide bonds. The van der Waals surface area contributed by atoms with Crippen LogP contribution in [0, 0.1) is 24.2 Å². The lowest BCUT2D eigenvalue weighted by Crippen LogP contribution is -2.03. The van der Waals surface area contributed by atoms with Crippen molar-refractivity contribution in [3.8, 4) is 6.07 Å². The fourth-order valence-electron chi connectivity index (χ4n) is 4.20. The monoisotopic (exact) mass is 529 g/mol. The Labute approximate surface area is 234 Å². The van der Waals surface area contributed by atoms with E-state index in [9.17, 15) is 10.1 Å². The molecule has 0 spiro atoms. The molecule has 0 aromatic heterocycles. The van der Waals surface area contributed by atoms with Crippen LogP contribution < -0.4 is 0 Å². The second-order valence-electron chi connectivity index (χ2n) is 8.74. The largest absolute Gasteiger partial charge is 0.299 e. The van der Waals surface area contributed by atoms with Crippen molar-refractivity contribution in [3.63, 3.8) is 0 Å². The Hall–Kier alpha value is -3.32. The molecule has 0 bridgehead atoms. The minimum Gasteiger partial charge on any atom is -0.299 e. The minimum absolute atomic E-state index is 0. The van der Waals surface area contributed by atoms with Crippen LogP contribution in [0.25, 0.3) is 23.3 Å². The predicted molar refractivity (Wildman–Crippen MR) is 166 cm³/mol. The van der Waals surface area contributed by atoms with Crippen LogP contribution in [0.15, 0.2) is 78.4 Å². The molecule has 0 saturated carbocycles. The van der Waals surface area contributed by atoms with Crippen LogP contribution in [0.3, 0.4) is 0 Å². The molecule has 0 aliphatic carbocycles. The molecule has 3 rings (SSSR count). The molecule has 0 saturated heterocycles. The second-order valence-corrected chi connectivity index (χ2v) is 9.15. The van der Waals surface area contributed by atoms with Crippen LogP contribution in [-0.4, -0.2) is 6.29 Å². The number of allylic oxidation sites excluding steroid dienone is 4. The van der Waals surface area contributed by atoms with Gasteiger partial charge in [-0.25, -0.2) is 0 Å². The summed E-state index contributed by atoms with van der Waals surface area (Å²) in [6.07, 6.45) is 7.12. The normalized spacial score (nSPS) is 11.9. The molecule has 0 aliphatic heterocycles. The van der Waals surface area contributed by atoms with Crippen LogP contribution in [-0.2, 0) is 4.79 Å². The number of aldehydes is 1. The van der Waals surface area contributed by atoms with Gasteiger partial charge in [-0.3, -0.25) is 4.79 Å². The van der Waals surface area contributed by atoms with Gasteiger partial charge in [0.15, 0.2) is 0 Å². The Morgan fingerprint density at radius 3 is 2.27 bits per heavy atom. The molecule has 3 aromatic carbocycles.